The van der Waals surface area contributed by atoms with Crippen molar-refractivity contribution in [2.24, 2.45) is 0 Å². The minimum atomic E-state index is -0.959. The van der Waals surface area contributed by atoms with Crippen LogP contribution in [0.2, 0.25) is 0 Å². The molecule has 2 unspecified atom stereocenters. The Labute approximate surface area is 171 Å². The minimum absolute atomic E-state index is 0.0640. The van der Waals surface area contributed by atoms with E-state index in [0.29, 0.717) is 11.9 Å². The summed E-state index contributed by atoms with van der Waals surface area (Å²) in [4.78, 5) is 16.9. The molecule has 0 radical (unpaired) electrons. The number of carbonyl (C=O) groups is 1. The van der Waals surface area contributed by atoms with Gasteiger partial charge in [-0.05, 0) is 51.3 Å². The average Bonchev–Trinajstić information content (AvgIpc) is 3.15. The van der Waals surface area contributed by atoms with Crippen LogP contribution in [0, 0.1) is 0 Å². The molecule has 1 aromatic rings. The highest BCUT2D eigenvalue weighted by Gasteiger charge is 2.25. The third kappa shape index (κ3) is 6.03. The van der Waals surface area contributed by atoms with E-state index in [9.17, 15) is 9.00 Å². The Morgan fingerprint density at radius 1 is 1.25 bits per heavy atom. The molecule has 0 bridgehead atoms. The molecule has 2 heterocycles. The molecular weight excluding hydrogens is 374 g/mol. The summed E-state index contributed by atoms with van der Waals surface area (Å²) in [5, 5.41) is 3.00. The number of hydrogen-bond donors (Lipinski definition) is 1. The van der Waals surface area contributed by atoms with Gasteiger partial charge in [0.15, 0.2) is 0 Å². The summed E-state index contributed by atoms with van der Waals surface area (Å²) in [6.45, 7) is 11.0. The van der Waals surface area contributed by atoms with Crippen molar-refractivity contribution in [3.63, 3.8) is 0 Å². The lowest BCUT2D eigenvalue weighted by Gasteiger charge is -2.35. The Morgan fingerprint density at radius 2 is 2.00 bits per heavy atom. The number of amides is 2. The van der Waals surface area contributed by atoms with Crippen molar-refractivity contribution >= 4 is 22.5 Å². The molecule has 0 aliphatic carbocycles. The summed E-state index contributed by atoms with van der Waals surface area (Å²) in [5.74, 6) is 0.495. The van der Waals surface area contributed by atoms with Gasteiger partial charge in [-0.1, -0.05) is 12.1 Å². The lowest BCUT2D eigenvalue weighted by Crippen LogP contribution is -2.51. The molecule has 6 nitrogen and oxygen atoms in total. The number of nitrogens with one attached hydrogen (secondary N) is 1. The Morgan fingerprint density at radius 3 is 2.64 bits per heavy atom. The number of benzene rings is 1. The molecule has 2 amide bonds. The first-order chi connectivity index (χ1) is 13.3. The molecular formula is C21H33N3O3S. The normalized spacial score (nSPS) is 22.2. The van der Waals surface area contributed by atoms with Crippen molar-refractivity contribution in [2.45, 2.75) is 50.2 Å². The number of nitrogens with zero attached hydrogens (tertiary/aromatic N) is 2. The van der Waals surface area contributed by atoms with Crippen LogP contribution < -0.4 is 5.32 Å². The fourth-order valence-corrected chi connectivity index (χ4v) is 4.43. The van der Waals surface area contributed by atoms with E-state index in [-0.39, 0.29) is 10.8 Å². The topological polar surface area (TPSA) is 61.9 Å². The van der Waals surface area contributed by atoms with E-state index < -0.39 is 10.8 Å². The van der Waals surface area contributed by atoms with Crippen LogP contribution in [0.1, 0.15) is 39.2 Å². The second kappa shape index (κ2) is 9.37. The molecule has 0 saturated carbocycles. The highest BCUT2D eigenvalue weighted by atomic mass is 32.2. The summed E-state index contributed by atoms with van der Waals surface area (Å²) in [7, 11) is -0.959. The zero-order valence-electron chi connectivity index (χ0n) is 17.3. The maximum absolute atomic E-state index is 12.6. The fourth-order valence-electron chi connectivity index (χ4n) is 3.52. The standard InChI is InChI=1S/C21H33N3O3S/c1-21(2,3)28(26)16-17-6-4-7-18(14-17)22-20(25)24-11-9-23(10-12-24)15-19-8-5-13-27-19/h4,6-7,14,19H,5,8-13,15-16H2,1-3H3,(H,22,25). The third-order valence-corrected chi connectivity index (χ3v) is 7.27. The van der Waals surface area contributed by atoms with Gasteiger partial charge in [-0.2, -0.15) is 0 Å². The van der Waals surface area contributed by atoms with Gasteiger partial charge in [-0.25, -0.2) is 4.79 Å². The van der Waals surface area contributed by atoms with Crippen molar-refractivity contribution < 1.29 is 13.7 Å². The highest BCUT2D eigenvalue weighted by Crippen LogP contribution is 2.19. The van der Waals surface area contributed by atoms with Gasteiger partial charge in [0.1, 0.15) is 0 Å². The van der Waals surface area contributed by atoms with Crippen LogP contribution in [0.3, 0.4) is 0 Å². The molecule has 1 N–H and O–H groups in total. The number of anilines is 1. The van der Waals surface area contributed by atoms with Crippen LogP contribution in [-0.4, -0.2) is 70.2 Å². The van der Waals surface area contributed by atoms with Crippen molar-refractivity contribution in [3.05, 3.63) is 29.8 Å². The quantitative estimate of drug-likeness (QED) is 0.815. The molecule has 1 aromatic carbocycles. The van der Waals surface area contributed by atoms with E-state index in [2.05, 4.69) is 10.2 Å². The Hall–Kier alpha value is -1.44. The number of rotatable bonds is 5. The number of ether oxygens (including phenoxy) is 1. The maximum atomic E-state index is 12.6. The van der Waals surface area contributed by atoms with Crippen molar-refractivity contribution in [3.8, 4) is 0 Å². The van der Waals surface area contributed by atoms with Gasteiger partial charge in [-0.3, -0.25) is 9.11 Å². The Balaban J connectivity index is 1.48. The van der Waals surface area contributed by atoms with Crippen molar-refractivity contribution in [1.29, 1.82) is 0 Å². The van der Waals surface area contributed by atoms with E-state index in [0.717, 1.165) is 63.4 Å². The Bertz CT molecular complexity index is 690. The van der Waals surface area contributed by atoms with Crippen LogP contribution >= 0.6 is 0 Å². The molecule has 0 spiro atoms. The number of piperazine rings is 1. The second-order valence-electron chi connectivity index (χ2n) is 8.66. The van der Waals surface area contributed by atoms with Crippen LogP contribution in [0.25, 0.3) is 0 Å². The predicted octanol–water partition coefficient (Wildman–Crippen LogP) is 3.06. The van der Waals surface area contributed by atoms with Gasteiger partial charge in [0.05, 0.1) is 6.10 Å². The van der Waals surface area contributed by atoms with Gasteiger partial charge in [0.2, 0.25) is 0 Å². The van der Waals surface area contributed by atoms with Crippen LogP contribution in [0.5, 0.6) is 0 Å². The molecule has 2 aliphatic heterocycles. The fraction of sp³-hybridized carbons (Fsp3) is 0.667. The number of urea groups is 1. The predicted molar refractivity (Wildman–Crippen MR) is 114 cm³/mol. The first-order valence-corrected chi connectivity index (χ1v) is 11.5. The summed E-state index contributed by atoms with van der Waals surface area (Å²) in [6.07, 6.45) is 2.67. The van der Waals surface area contributed by atoms with E-state index in [1.165, 1.54) is 0 Å². The molecule has 2 saturated heterocycles. The number of carbonyl (C=O) groups excluding carboxylic acids is 1. The molecule has 2 fully saturated rings. The molecule has 2 atom stereocenters. The molecule has 3 rings (SSSR count). The van der Waals surface area contributed by atoms with Gasteiger partial charge >= 0.3 is 6.03 Å². The van der Waals surface area contributed by atoms with E-state index >= 15 is 0 Å². The molecule has 156 valence electrons. The lowest BCUT2D eigenvalue weighted by atomic mass is 10.2. The zero-order valence-corrected chi connectivity index (χ0v) is 18.1. The molecule has 7 heteroatoms. The first-order valence-electron chi connectivity index (χ1n) is 10.2. The minimum Gasteiger partial charge on any atom is -0.377 e. The summed E-state index contributed by atoms with van der Waals surface area (Å²) in [5.41, 5.74) is 1.74. The van der Waals surface area contributed by atoms with Crippen molar-refractivity contribution in [1.82, 2.24) is 9.80 Å². The first kappa shape index (κ1) is 21.3. The van der Waals surface area contributed by atoms with E-state index in [4.69, 9.17) is 4.74 Å². The summed E-state index contributed by atoms with van der Waals surface area (Å²) >= 11 is 0. The maximum Gasteiger partial charge on any atom is 0.321 e. The smallest absolute Gasteiger partial charge is 0.321 e. The largest absolute Gasteiger partial charge is 0.377 e. The Kier molecular flexibility index (Phi) is 7.12. The molecule has 2 aliphatic rings. The van der Waals surface area contributed by atoms with E-state index in [1.54, 1.807) is 0 Å². The SMILES string of the molecule is CC(C)(C)S(=O)Cc1cccc(NC(=O)N2CCN(CC3CCCO3)CC2)c1. The van der Waals surface area contributed by atoms with Crippen molar-refractivity contribution in [2.75, 3.05) is 44.6 Å². The lowest BCUT2D eigenvalue weighted by molar-refractivity contribution is 0.0572. The van der Waals surface area contributed by atoms with Gasteiger partial charge in [0.25, 0.3) is 0 Å². The van der Waals surface area contributed by atoms with Gasteiger partial charge in [-0.15, -0.1) is 0 Å². The highest BCUT2D eigenvalue weighted by molar-refractivity contribution is 7.85. The number of hydrogen-bond acceptors (Lipinski definition) is 4. The summed E-state index contributed by atoms with van der Waals surface area (Å²) < 4.78 is 17.8. The van der Waals surface area contributed by atoms with Gasteiger partial charge < -0.3 is 15.0 Å². The molecule has 28 heavy (non-hydrogen) atoms. The van der Waals surface area contributed by atoms with Crippen LogP contribution in [0.15, 0.2) is 24.3 Å². The second-order valence-corrected chi connectivity index (χ2v) is 10.9. The van der Waals surface area contributed by atoms with Gasteiger partial charge in [0, 0.05) is 66.3 Å². The monoisotopic (exact) mass is 407 g/mol. The summed E-state index contributed by atoms with van der Waals surface area (Å²) in [6, 6.07) is 7.61. The third-order valence-electron chi connectivity index (χ3n) is 5.30. The average molecular weight is 408 g/mol. The van der Waals surface area contributed by atoms with Crippen LogP contribution in [-0.2, 0) is 21.3 Å². The zero-order chi connectivity index (χ0) is 20.1. The molecule has 0 aromatic heterocycles. The van der Waals surface area contributed by atoms with Crippen LogP contribution in [0.4, 0.5) is 10.5 Å². The van der Waals surface area contributed by atoms with E-state index in [1.807, 2.05) is 49.9 Å².